The number of ether oxygens (including phenoxy) is 2. The molecule has 41 heavy (non-hydrogen) atoms. The van der Waals surface area contributed by atoms with E-state index in [1.54, 1.807) is 6.92 Å². The minimum absolute atomic E-state index is 0.0934. The zero-order valence-corrected chi connectivity index (χ0v) is 23.0. The highest BCUT2D eigenvalue weighted by Crippen LogP contribution is 2.60. The van der Waals surface area contributed by atoms with Gasteiger partial charge in [-0.25, -0.2) is 19.1 Å². The number of rotatable bonds is 8. The van der Waals surface area contributed by atoms with E-state index in [0.717, 1.165) is 9.13 Å². The summed E-state index contributed by atoms with van der Waals surface area (Å²) < 4.78 is 37.0. The van der Waals surface area contributed by atoms with E-state index in [0.29, 0.717) is 0 Å². The molecule has 1 aliphatic carbocycles. The third-order valence-electron chi connectivity index (χ3n) is 8.02. The summed E-state index contributed by atoms with van der Waals surface area (Å²) in [5.41, 5.74) is -3.80. The molecule has 226 valence electrons. The van der Waals surface area contributed by atoms with Crippen LogP contribution in [0.4, 0.5) is 0 Å². The first-order valence-corrected chi connectivity index (χ1v) is 14.2. The Bertz CT molecular complexity index is 1560. The number of phosphoric acid groups is 1. The van der Waals surface area contributed by atoms with Crippen LogP contribution in [0.2, 0.25) is 0 Å². The van der Waals surface area contributed by atoms with Gasteiger partial charge in [0, 0.05) is 30.3 Å². The van der Waals surface area contributed by atoms with E-state index in [1.165, 1.54) is 26.2 Å². The summed E-state index contributed by atoms with van der Waals surface area (Å²) in [6, 6.07) is 0. The van der Waals surface area contributed by atoms with Gasteiger partial charge in [-0.05, 0) is 31.2 Å². The van der Waals surface area contributed by atoms with Gasteiger partial charge in [-0.2, -0.15) is 0 Å². The Labute approximate surface area is 231 Å². The highest BCUT2D eigenvalue weighted by Gasteiger charge is 2.70. The van der Waals surface area contributed by atoms with Gasteiger partial charge in [0.25, 0.3) is 5.56 Å². The van der Waals surface area contributed by atoms with Gasteiger partial charge in [0.2, 0.25) is 0 Å². The van der Waals surface area contributed by atoms with Gasteiger partial charge in [0.05, 0.1) is 25.4 Å². The molecule has 1 saturated carbocycles. The van der Waals surface area contributed by atoms with Crippen LogP contribution in [0, 0.1) is 25.7 Å². The maximum absolute atomic E-state index is 13.0. The second kappa shape index (κ2) is 10.5. The van der Waals surface area contributed by atoms with Crippen LogP contribution in [0.3, 0.4) is 0 Å². The highest BCUT2D eigenvalue weighted by atomic mass is 31.2. The summed E-state index contributed by atoms with van der Waals surface area (Å²) in [7, 11) is -4.93. The fraction of sp³-hybridized carbons (Fsp3) is 0.652. The Hall–Kier alpha value is -2.73. The number of nitrogens with zero attached hydrogens (tertiary/aromatic N) is 3. The molecule has 10 atom stereocenters. The molecule has 2 saturated heterocycles. The lowest BCUT2D eigenvalue weighted by Gasteiger charge is -2.40. The van der Waals surface area contributed by atoms with E-state index in [4.69, 9.17) is 18.5 Å². The molecular weight excluding hydrogens is 571 g/mol. The number of nitrogens with one attached hydrogen (secondary N) is 1. The predicted molar refractivity (Wildman–Crippen MR) is 133 cm³/mol. The SMILES string of the molecule is Cc1cn([C@H]2C[C@H](O)[C@@H](COP(=O)(O)O[C@@H]3[C@@H](C)C4[C@H](n5cc(C)c(=O)[nH]c5=O)O[C@]3(CO)[C@H]4O)O2)c(=O)nc1[O-]. The van der Waals surface area contributed by atoms with Crippen LogP contribution >= 0.6 is 7.82 Å². The van der Waals surface area contributed by atoms with Crippen LogP contribution in [0.1, 0.15) is 36.9 Å². The van der Waals surface area contributed by atoms with Crippen LogP contribution in [0.5, 0.6) is 5.88 Å². The topological polar surface area (TPSA) is 248 Å². The van der Waals surface area contributed by atoms with Crippen molar-refractivity contribution in [2.45, 2.75) is 69.7 Å². The molecule has 4 heterocycles. The number of fused-ring (bicyclic) bond motifs is 2. The lowest BCUT2D eigenvalue weighted by Crippen LogP contribution is -2.53. The predicted octanol–water partition coefficient (Wildman–Crippen LogP) is -2.48. The molecule has 2 bridgehead atoms. The number of aliphatic hydroxyl groups excluding tert-OH is 3. The lowest BCUT2D eigenvalue weighted by atomic mass is 9.92. The number of phosphoric ester groups is 1. The number of aromatic amines is 1. The first-order chi connectivity index (χ1) is 19.2. The maximum atomic E-state index is 13.0. The smallest absolute Gasteiger partial charge is 0.472 e. The maximum Gasteiger partial charge on any atom is 0.472 e. The van der Waals surface area contributed by atoms with Gasteiger partial charge < -0.3 is 34.8 Å². The normalized spacial score (nSPS) is 36.1. The summed E-state index contributed by atoms with van der Waals surface area (Å²) >= 11 is 0. The van der Waals surface area contributed by atoms with Gasteiger partial charge in [-0.3, -0.25) is 28.0 Å². The van der Waals surface area contributed by atoms with Crippen molar-refractivity contribution in [2.75, 3.05) is 13.2 Å². The average Bonchev–Trinajstić information content (AvgIpc) is 3.48. The van der Waals surface area contributed by atoms with Crippen molar-refractivity contribution in [3.63, 3.8) is 0 Å². The Morgan fingerprint density at radius 2 is 1.90 bits per heavy atom. The van der Waals surface area contributed by atoms with Crippen molar-refractivity contribution in [1.29, 1.82) is 0 Å². The van der Waals surface area contributed by atoms with Crippen molar-refractivity contribution in [1.82, 2.24) is 19.1 Å². The minimum atomic E-state index is -4.93. The van der Waals surface area contributed by atoms with E-state index < -0.39 is 98.2 Å². The lowest BCUT2D eigenvalue weighted by molar-refractivity contribution is -0.276. The molecular formula is C23H30N4O13P-. The molecule has 0 spiro atoms. The molecule has 0 aromatic carbocycles. The number of hydrogen-bond acceptors (Lipinski definition) is 13. The standard InChI is InChI=1S/C23H31N4O13P/c1-9-5-26(21(33)24-18(9)31)14-4-12(29)13(38-14)7-37-41(35,36)40-17-11(3)15-16(30)23(17,8-28)39-20(15)27-6-10(2)19(32)25-22(27)34/h5-6,11-17,20,28-30H,4,7-8H2,1-3H3,(H,35,36)(H,24,31,33)(H,25,32,34)/p-1/t11-,12-,13+,14+,15?,16-,17+,20+,23+/m0/s1. The molecule has 2 aromatic rings. The molecule has 2 aliphatic heterocycles. The third-order valence-corrected chi connectivity index (χ3v) is 8.99. The van der Waals surface area contributed by atoms with E-state index in [9.17, 15) is 44.3 Å². The zero-order valence-electron chi connectivity index (χ0n) is 22.1. The summed E-state index contributed by atoms with van der Waals surface area (Å²) in [4.78, 5) is 52.4. The summed E-state index contributed by atoms with van der Waals surface area (Å²) in [6.45, 7) is 3.02. The molecule has 17 nitrogen and oxygen atoms in total. The number of hydrogen-bond donors (Lipinski definition) is 5. The van der Waals surface area contributed by atoms with Crippen molar-refractivity contribution in [3.05, 3.63) is 54.8 Å². The molecule has 5 N–H and O–H groups in total. The Morgan fingerprint density at radius 3 is 2.59 bits per heavy atom. The van der Waals surface area contributed by atoms with Gasteiger partial charge in [-0.15, -0.1) is 0 Å². The largest absolute Gasteiger partial charge is 0.858 e. The van der Waals surface area contributed by atoms with E-state index in [-0.39, 0.29) is 17.5 Å². The van der Waals surface area contributed by atoms with Crippen molar-refractivity contribution in [2.24, 2.45) is 11.8 Å². The van der Waals surface area contributed by atoms with Gasteiger partial charge in [-0.1, -0.05) is 6.92 Å². The number of aryl methyl sites for hydroxylation is 2. The first kappa shape index (κ1) is 29.8. The van der Waals surface area contributed by atoms with Crippen LogP contribution in [0.15, 0.2) is 26.8 Å². The zero-order chi connectivity index (χ0) is 30.0. The Balaban J connectivity index is 1.28. The summed E-state index contributed by atoms with van der Waals surface area (Å²) in [5.74, 6) is -2.32. The fourth-order valence-electron chi connectivity index (χ4n) is 5.84. The van der Waals surface area contributed by atoms with Gasteiger partial charge >= 0.3 is 19.2 Å². The molecule has 18 heteroatoms. The summed E-state index contributed by atoms with van der Waals surface area (Å²) in [6.07, 6.45) is -4.89. The molecule has 3 fully saturated rings. The molecule has 3 aliphatic rings. The number of H-pyrrole nitrogens is 1. The Morgan fingerprint density at radius 1 is 1.22 bits per heavy atom. The summed E-state index contributed by atoms with van der Waals surface area (Å²) in [5, 5.41) is 43.2. The van der Waals surface area contributed by atoms with Gasteiger partial charge in [0.1, 0.15) is 30.3 Å². The van der Waals surface area contributed by atoms with Crippen molar-refractivity contribution in [3.8, 4) is 5.88 Å². The number of aliphatic hydroxyl groups is 3. The molecule has 2 aromatic heterocycles. The van der Waals surface area contributed by atoms with Crippen molar-refractivity contribution < 1.29 is 48.4 Å². The molecule has 2 unspecified atom stereocenters. The third kappa shape index (κ3) is 5.00. The van der Waals surface area contributed by atoms with Crippen LogP contribution in [-0.2, 0) is 23.1 Å². The van der Waals surface area contributed by atoms with Crippen LogP contribution in [-0.4, -0.2) is 82.5 Å². The van der Waals surface area contributed by atoms with Crippen molar-refractivity contribution >= 4 is 7.82 Å². The van der Waals surface area contributed by atoms with Crippen LogP contribution in [0.25, 0.3) is 0 Å². The minimum Gasteiger partial charge on any atom is -0.858 e. The quantitative estimate of drug-likeness (QED) is 0.197. The first-order valence-electron chi connectivity index (χ1n) is 12.7. The van der Waals surface area contributed by atoms with E-state index >= 15 is 0 Å². The highest BCUT2D eigenvalue weighted by molar-refractivity contribution is 7.47. The average molecular weight is 601 g/mol. The Kier molecular flexibility index (Phi) is 7.63. The van der Waals surface area contributed by atoms with Gasteiger partial charge in [0.15, 0.2) is 0 Å². The fourth-order valence-corrected chi connectivity index (χ4v) is 6.90. The monoisotopic (exact) mass is 601 g/mol. The van der Waals surface area contributed by atoms with E-state index in [1.807, 2.05) is 0 Å². The number of aromatic nitrogens is 4. The molecule has 0 radical (unpaired) electrons. The molecule has 0 amide bonds. The van der Waals surface area contributed by atoms with E-state index in [2.05, 4.69) is 9.97 Å². The van der Waals surface area contributed by atoms with Crippen LogP contribution < -0.4 is 22.0 Å². The second-order valence-electron chi connectivity index (χ2n) is 10.6. The second-order valence-corrected chi connectivity index (χ2v) is 12.0. The molecule has 5 rings (SSSR count).